The maximum Gasteiger partial charge on any atom is 0.249 e. The highest BCUT2D eigenvalue weighted by molar-refractivity contribution is 5.80. The third kappa shape index (κ3) is 4.18. The molecule has 0 aromatic carbocycles. The maximum atomic E-state index is 11.9. The Morgan fingerprint density at radius 3 is 2.37 bits per heavy atom. The Morgan fingerprint density at radius 1 is 1.05 bits per heavy atom. The zero-order chi connectivity index (χ0) is 13.7. The molecule has 2 rings (SSSR count). The van der Waals surface area contributed by atoms with Crippen LogP contribution in [0.3, 0.4) is 0 Å². The van der Waals surface area contributed by atoms with Gasteiger partial charge in [0.15, 0.2) is 0 Å². The molecule has 110 valence electrons. The van der Waals surface area contributed by atoms with E-state index in [0.717, 1.165) is 51.4 Å². The van der Waals surface area contributed by atoms with Gasteiger partial charge in [-0.3, -0.25) is 4.79 Å². The van der Waals surface area contributed by atoms with Crippen molar-refractivity contribution in [3.63, 3.8) is 0 Å². The van der Waals surface area contributed by atoms with Crippen LogP contribution in [0, 0.1) is 11.8 Å². The fraction of sp³-hybridized carbons (Fsp3) is 0.933. The molecule has 3 atom stereocenters. The van der Waals surface area contributed by atoms with Crippen LogP contribution in [0.5, 0.6) is 0 Å². The number of aliphatic hydroxyl groups is 2. The van der Waals surface area contributed by atoms with E-state index in [0.29, 0.717) is 6.54 Å². The van der Waals surface area contributed by atoms with Gasteiger partial charge >= 0.3 is 0 Å². The number of nitrogens with one attached hydrogen (secondary N) is 1. The molecule has 0 aliphatic heterocycles. The predicted molar refractivity (Wildman–Crippen MR) is 73.6 cm³/mol. The second-order valence-corrected chi connectivity index (χ2v) is 6.20. The molecule has 2 aliphatic rings. The summed E-state index contributed by atoms with van der Waals surface area (Å²) in [5, 5.41) is 22.7. The lowest BCUT2D eigenvalue weighted by atomic mass is 9.84. The van der Waals surface area contributed by atoms with Crippen LogP contribution in [0.2, 0.25) is 0 Å². The van der Waals surface area contributed by atoms with Crippen molar-refractivity contribution >= 4 is 5.91 Å². The molecular formula is C15H27NO3. The van der Waals surface area contributed by atoms with E-state index in [-0.39, 0.29) is 23.8 Å². The molecule has 1 amide bonds. The van der Waals surface area contributed by atoms with E-state index in [1.165, 1.54) is 6.42 Å². The van der Waals surface area contributed by atoms with Crippen LogP contribution in [-0.2, 0) is 4.79 Å². The van der Waals surface area contributed by atoms with Gasteiger partial charge in [0.05, 0.1) is 6.10 Å². The summed E-state index contributed by atoms with van der Waals surface area (Å²) >= 11 is 0. The number of carbonyl (C=O) groups excluding carboxylic acids is 1. The molecule has 0 aromatic heterocycles. The average Bonchev–Trinajstić information content (AvgIpc) is 2.46. The lowest BCUT2D eigenvalue weighted by Gasteiger charge is -2.29. The van der Waals surface area contributed by atoms with Crippen molar-refractivity contribution in [2.24, 2.45) is 11.8 Å². The molecule has 0 heterocycles. The van der Waals surface area contributed by atoms with Crippen molar-refractivity contribution < 1.29 is 15.0 Å². The Bertz CT molecular complexity index is 289. The third-order valence-corrected chi connectivity index (χ3v) is 4.77. The van der Waals surface area contributed by atoms with Crippen LogP contribution in [-0.4, -0.2) is 34.9 Å². The predicted octanol–water partition coefficient (Wildman–Crippen LogP) is 1.59. The Balaban J connectivity index is 1.73. The van der Waals surface area contributed by atoms with Gasteiger partial charge in [0.1, 0.15) is 6.10 Å². The molecule has 0 spiro atoms. The maximum absolute atomic E-state index is 11.9. The highest BCUT2D eigenvalue weighted by Gasteiger charge is 2.29. The minimum Gasteiger partial charge on any atom is -0.393 e. The van der Waals surface area contributed by atoms with Crippen LogP contribution in [0.15, 0.2) is 0 Å². The molecule has 3 unspecified atom stereocenters. The fourth-order valence-corrected chi connectivity index (χ4v) is 3.43. The molecule has 4 nitrogen and oxygen atoms in total. The Labute approximate surface area is 115 Å². The van der Waals surface area contributed by atoms with Gasteiger partial charge in [-0.2, -0.15) is 0 Å². The number of carbonyl (C=O) groups is 1. The quantitative estimate of drug-likeness (QED) is 0.726. The number of hydrogen-bond donors (Lipinski definition) is 3. The molecule has 3 N–H and O–H groups in total. The summed E-state index contributed by atoms with van der Waals surface area (Å²) in [6.45, 7) is 0.504. The largest absolute Gasteiger partial charge is 0.393 e. The summed E-state index contributed by atoms with van der Waals surface area (Å²) in [5.41, 5.74) is 0. The van der Waals surface area contributed by atoms with E-state index in [9.17, 15) is 15.0 Å². The van der Waals surface area contributed by atoms with E-state index >= 15 is 0 Å². The first-order valence-corrected chi connectivity index (χ1v) is 7.82. The van der Waals surface area contributed by atoms with Crippen molar-refractivity contribution in [2.75, 3.05) is 6.54 Å². The summed E-state index contributed by atoms with van der Waals surface area (Å²) in [5.74, 6) is 0.0472. The van der Waals surface area contributed by atoms with Gasteiger partial charge in [-0.1, -0.05) is 32.1 Å². The average molecular weight is 269 g/mol. The van der Waals surface area contributed by atoms with Crippen LogP contribution >= 0.6 is 0 Å². The molecular weight excluding hydrogens is 242 g/mol. The first kappa shape index (κ1) is 14.8. The van der Waals surface area contributed by atoms with E-state index in [1.54, 1.807) is 0 Å². The van der Waals surface area contributed by atoms with Crippen LogP contribution in [0.4, 0.5) is 0 Å². The van der Waals surface area contributed by atoms with E-state index in [1.807, 2.05) is 0 Å². The SMILES string of the molecule is O=C(NCC1CCCCC1O)C(O)C1CCCCC1. The molecule has 2 saturated carbocycles. The highest BCUT2D eigenvalue weighted by atomic mass is 16.3. The van der Waals surface area contributed by atoms with Gasteiger partial charge in [0.25, 0.3) is 0 Å². The lowest BCUT2D eigenvalue weighted by Crippen LogP contribution is -2.44. The van der Waals surface area contributed by atoms with E-state index in [4.69, 9.17) is 0 Å². The van der Waals surface area contributed by atoms with Crippen LogP contribution < -0.4 is 5.32 Å². The summed E-state index contributed by atoms with van der Waals surface area (Å²) < 4.78 is 0. The zero-order valence-corrected chi connectivity index (χ0v) is 11.7. The summed E-state index contributed by atoms with van der Waals surface area (Å²) in [6.07, 6.45) is 8.25. The molecule has 4 heteroatoms. The van der Waals surface area contributed by atoms with Crippen LogP contribution in [0.25, 0.3) is 0 Å². The topological polar surface area (TPSA) is 69.6 Å². The second-order valence-electron chi connectivity index (χ2n) is 6.20. The first-order chi connectivity index (χ1) is 9.18. The number of rotatable bonds is 4. The first-order valence-electron chi connectivity index (χ1n) is 7.82. The molecule has 0 aromatic rings. The lowest BCUT2D eigenvalue weighted by molar-refractivity contribution is -0.133. The normalized spacial score (nSPS) is 30.8. The number of amides is 1. The Hall–Kier alpha value is -0.610. The molecule has 0 saturated heterocycles. The summed E-state index contributed by atoms with van der Waals surface area (Å²) in [4.78, 5) is 11.9. The number of hydrogen-bond acceptors (Lipinski definition) is 3. The third-order valence-electron chi connectivity index (χ3n) is 4.77. The second kappa shape index (κ2) is 7.25. The van der Waals surface area contributed by atoms with Crippen molar-refractivity contribution in [2.45, 2.75) is 70.0 Å². The smallest absolute Gasteiger partial charge is 0.249 e. The molecule has 0 radical (unpaired) electrons. The molecule has 2 aliphatic carbocycles. The van der Waals surface area contributed by atoms with Crippen molar-refractivity contribution in [3.8, 4) is 0 Å². The fourth-order valence-electron chi connectivity index (χ4n) is 3.43. The van der Waals surface area contributed by atoms with Crippen LogP contribution in [0.1, 0.15) is 57.8 Å². The monoisotopic (exact) mass is 269 g/mol. The Kier molecular flexibility index (Phi) is 5.64. The minimum atomic E-state index is -0.860. The van der Waals surface area contributed by atoms with E-state index < -0.39 is 6.10 Å². The van der Waals surface area contributed by atoms with Crippen molar-refractivity contribution in [1.29, 1.82) is 0 Å². The van der Waals surface area contributed by atoms with Gasteiger partial charge in [-0.15, -0.1) is 0 Å². The highest BCUT2D eigenvalue weighted by Crippen LogP contribution is 2.27. The summed E-state index contributed by atoms with van der Waals surface area (Å²) in [6, 6.07) is 0. The minimum absolute atomic E-state index is 0.130. The van der Waals surface area contributed by atoms with Gasteiger partial charge < -0.3 is 15.5 Å². The Morgan fingerprint density at radius 2 is 1.68 bits per heavy atom. The van der Waals surface area contributed by atoms with Gasteiger partial charge in [0.2, 0.25) is 5.91 Å². The van der Waals surface area contributed by atoms with Crippen molar-refractivity contribution in [1.82, 2.24) is 5.32 Å². The zero-order valence-electron chi connectivity index (χ0n) is 11.7. The number of aliphatic hydroxyl groups excluding tert-OH is 2. The molecule has 19 heavy (non-hydrogen) atoms. The molecule has 2 fully saturated rings. The van der Waals surface area contributed by atoms with Crippen molar-refractivity contribution in [3.05, 3.63) is 0 Å². The van der Waals surface area contributed by atoms with E-state index in [2.05, 4.69) is 5.32 Å². The van der Waals surface area contributed by atoms with Gasteiger partial charge in [-0.05, 0) is 31.6 Å². The van der Waals surface area contributed by atoms with Gasteiger partial charge in [-0.25, -0.2) is 0 Å². The standard InChI is InChI=1S/C15H27NO3/c17-13-9-5-4-8-12(13)10-16-15(19)14(18)11-6-2-1-3-7-11/h11-14,17-18H,1-10H2,(H,16,19). The molecule has 0 bridgehead atoms. The summed E-state index contributed by atoms with van der Waals surface area (Å²) in [7, 11) is 0. The van der Waals surface area contributed by atoms with Gasteiger partial charge in [0, 0.05) is 12.5 Å².